The summed E-state index contributed by atoms with van der Waals surface area (Å²) in [5.74, 6) is 0.256. The number of carbonyl (C=O) groups is 2. The summed E-state index contributed by atoms with van der Waals surface area (Å²) >= 11 is 0. The van der Waals surface area contributed by atoms with Gasteiger partial charge in [0.1, 0.15) is 5.76 Å². The average molecular weight is 359 g/mol. The quantitative estimate of drug-likeness (QED) is 0.676. The first-order chi connectivity index (χ1) is 12.6. The molecule has 2 heterocycles. The van der Waals surface area contributed by atoms with Crippen LogP contribution in [0.1, 0.15) is 48.9 Å². The van der Waals surface area contributed by atoms with Crippen LogP contribution in [0.3, 0.4) is 0 Å². The van der Waals surface area contributed by atoms with Crippen LogP contribution in [0.2, 0.25) is 0 Å². The van der Waals surface area contributed by atoms with Crippen LogP contribution in [-0.4, -0.2) is 33.2 Å². The van der Waals surface area contributed by atoms with Gasteiger partial charge in [-0.3, -0.25) is 14.3 Å². The standard InChI is InChI=1S/C19H25N3O4/c1-3-25-19(24)10-9-18(23)22(12-14-6-5-11-26-14)13-16-15-7-4-8-17(15)21(2)20-16/h5-6,11H,3-4,7-10,12-13H2,1-2H3. The summed E-state index contributed by atoms with van der Waals surface area (Å²) < 4.78 is 12.2. The van der Waals surface area contributed by atoms with Crippen molar-refractivity contribution in [3.63, 3.8) is 0 Å². The molecule has 0 saturated heterocycles. The Balaban J connectivity index is 1.72. The molecule has 2 aromatic heterocycles. The lowest BCUT2D eigenvalue weighted by molar-refractivity contribution is -0.146. The Labute approximate surface area is 152 Å². The van der Waals surface area contributed by atoms with Gasteiger partial charge >= 0.3 is 5.97 Å². The zero-order valence-electron chi connectivity index (χ0n) is 15.4. The number of furan rings is 1. The van der Waals surface area contributed by atoms with Crippen LogP contribution < -0.4 is 0 Å². The highest BCUT2D eigenvalue weighted by Crippen LogP contribution is 2.26. The van der Waals surface area contributed by atoms with Crippen LogP contribution in [0.5, 0.6) is 0 Å². The molecule has 1 aliphatic rings. The van der Waals surface area contributed by atoms with E-state index < -0.39 is 0 Å². The van der Waals surface area contributed by atoms with E-state index in [9.17, 15) is 9.59 Å². The Bertz CT molecular complexity index is 764. The van der Waals surface area contributed by atoms with Crippen LogP contribution >= 0.6 is 0 Å². The topological polar surface area (TPSA) is 77.6 Å². The monoisotopic (exact) mass is 359 g/mol. The maximum absolute atomic E-state index is 12.7. The fourth-order valence-electron chi connectivity index (χ4n) is 3.43. The maximum atomic E-state index is 12.7. The minimum Gasteiger partial charge on any atom is -0.467 e. The third-order valence-electron chi connectivity index (χ3n) is 4.67. The predicted octanol–water partition coefficient (Wildman–Crippen LogP) is 2.37. The van der Waals surface area contributed by atoms with E-state index >= 15 is 0 Å². The largest absolute Gasteiger partial charge is 0.467 e. The van der Waals surface area contributed by atoms with E-state index in [-0.39, 0.29) is 24.7 Å². The molecule has 0 radical (unpaired) electrons. The number of carbonyl (C=O) groups excluding carboxylic acids is 2. The molecule has 7 nitrogen and oxygen atoms in total. The number of hydrogen-bond donors (Lipinski definition) is 0. The van der Waals surface area contributed by atoms with Crippen LogP contribution in [0, 0.1) is 0 Å². The summed E-state index contributed by atoms with van der Waals surface area (Å²) in [4.78, 5) is 26.0. The van der Waals surface area contributed by atoms with E-state index in [0.717, 1.165) is 25.0 Å². The van der Waals surface area contributed by atoms with Crippen molar-refractivity contribution in [3.05, 3.63) is 41.1 Å². The number of aromatic nitrogens is 2. The van der Waals surface area contributed by atoms with Crippen LogP contribution in [0.15, 0.2) is 22.8 Å². The van der Waals surface area contributed by atoms with E-state index in [0.29, 0.717) is 25.5 Å². The van der Waals surface area contributed by atoms with E-state index in [1.54, 1.807) is 24.2 Å². The number of aryl methyl sites for hydroxylation is 1. The van der Waals surface area contributed by atoms with E-state index in [1.165, 1.54) is 11.3 Å². The van der Waals surface area contributed by atoms with Crippen molar-refractivity contribution in [1.82, 2.24) is 14.7 Å². The van der Waals surface area contributed by atoms with Gasteiger partial charge < -0.3 is 14.1 Å². The summed E-state index contributed by atoms with van der Waals surface area (Å²) in [6.45, 7) is 2.86. The number of ether oxygens (including phenoxy) is 1. The molecule has 0 N–H and O–H groups in total. The van der Waals surface area contributed by atoms with Crippen molar-refractivity contribution in [2.45, 2.75) is 52.1 Å². The molecule has 2 aromatic rings. The van der Waals surface area contributed by atoms with Crippen molar-refractivity contribution < 1.29 is 18.7 Å². The molecule has 0 spiro atoms. The Kier molecular flexibility index (Phi) is 5.75. The van der Waals surface area contributed by atoms with Crippen molar-refractivity contribution in [3.8, 4) is 0 Å². The van der Waals surface area contributed by atoms with Gasteiger partial charge in [0.2, 0.25) is 5.91 Å². The molecule has 3 rings (SSSR count). The fourth-order valence-corrected chi connectivity index (χ4v) is 3.43. The third kappa shape index (κ3) is 4.15. The zero-order valence-corrected chi connectivity index (χ0v) is 15.4. The second-order valence-electron chi connectivity index (χ2n) is 6.48. The summed E-state index contributed by atoms with van der Waals surface area (Å²) in [7, 11) is 1.95. The molecule has 0 bridgehead atoms. The summed E-state index contributed by atoms with van der Waals surface area (Å²) in [5, 5.41) is 4.61. The molecule has 7 heteroatoms. The SMILES string of the molecule is CCOC(=O)CCC(=O)N(Cc1ccco1)Cc1nn(C)c2c1CCC2. The van der Waals surface area contributed by atoms with Gasteiger partial charge in [0.15, 0.2) is 0 Å². The maximum Gasteiger partial charge on any atom is 0.306 e. The number of hydrogen-bond acceptors (Lipinski definition) is 5. The van der Waals surface area contributed by atoms with Gasteiger partial charge in [-0.05, 0) is 43.9 Å². The minimum absolute atomic E-state index is 0.0850. The molecular formula is C19H25N3O4. The molecule has 0 aliphatic heterocycles. The highest BCUT2D eigenvalue weighted by Gasteiger charge is 2.25. The van der Waals surface area contributed by atoms with E-state index in [4.69, 9.17) is 9.15 Å². The number of nitrogens with zero attached hydrogens (tertiary/aromatic N) is 3. The van der Waals surface area contributed by atoms with E-state index in [2.05, 4.69) is 5.10 Å². The first-order valence-corrected chi connectivity index (χ1v) is 9.08. The highest BCUT2D eigenvalue weighted by atomic mass is 16.5. The number of fused-ring (bicyclic) bond motifs is 1. The highest BCUT2D eigenvalue weighted by molar-refractivity contribution is 5.81. The molecule has 0 aromatic carbocycles. The van der Waals surface area contributed by atoms with Crippen LogP contribution in [-0.2, 0) is 47.3 Å². The molecule has 1 aliphatic carbocycles. The first-order valence-electron chi connectivity index (χ1n) is 9.08. The van der Waals surface area contributed by atoms with Crippen LogP contribution in [0.25, 0.3) is 0 Å². The van der Waals surface area contributed by atoms with Crippen LogP contribution in [0.4, 0.5) is 0 Å². The second-order valence-corrected chi connectivity index (χ2v) is 6.48. The Morgan fingerprint density at radius 3 is 2.88 bits per heavy atom. The Morgan fingerprint density at radius 2 is 2.15 bits per heavy atom. The smallest absolute Gasteiger partial charge is 0.306 e. The molecule has 0 fully saturated rings. The minimum atomic E-state index is -0.350. The van der Waals surface area contributed by atoms with Gasteiger partial charge in [-0.25, -0.2) is 0 Å². The Hall–Kier alpha value is -2.57. The lowest BCUT2D eigenvalue weighted by atomic mass is 10.1. The summed E-state index contributed by atoms with van der Waals surface area (Å²) in [6.07, 6.45) is 4.96. The van der Waals surface area contributed by atoms with Gasteiger partial charge in [0, 0.05) is 19.2 Å². The molecule has 140 valence electrons. The molecule has 0 atom stereocenters. The van der Waals surface area contributed by atoms with Gasteiger partial charge in [-0.1, -0.05) is 0 Å². The molecule has 1 amide bonds. The van der Waals surface area contributed by atoms with Crippen molar-refractivity contribution in [2.75, 3.05) is 6.61 Å². The fraction of sp³-hybridized carbons (Fsp3) is 0.526. The second kappa shape index (κ2) is 8.21. The normalized spacial score (nSPS) is 12.8. The Morgan fingerprint density at radius 1 is 1.31 bits per heavy atom. The average Bonchev–Trinajstić information content (AvgIpc) is 3.33. The summed E-state index contributed by atoms with van der Waals surface area (Å²) in [5.41, 5.74) is 3.46. The zero-order chi connectivity index (χ0) is 18.5. The predicted molar refractivity (Wildman–Crippen MR) is 94.1 cm³/mol. The molecular weight excluding hydrogens is 334 g/mol. The van der Waals surface area contributed by atoms with Gasteiger partial charge in [-0.15, -0.1) is 0 Å². The first kappa shape index (κ1) is 18.2. The number of amides is 1. The van der Waals surface area contributed by atoms with Crippen molar-refractivity contribution >= 4 is 11.9 Å². The molecule has 26 heavy (non-hydrogen) atoms. The number of rotatable bonds is 8. The van der Waals surface area contributed by atoms with E-state index in [1.807, 2.05) is 17.8 Å². The molecule has 0 saturated carbocycles. The van der Waals surface area contributed by atoms with Gasteiger partial charge in [0.05, 0.1) is 38.1 Å². The lowest BCUT2D eigenvalue weighted by Gasteiger charge is -2.21. The van der Waals surface area contributed by atoms with Crippen molar-refractivity contribution in [1.29, 1.82) is 0 Å². The van der Waals surface area contributed by atoms with Gasteiger partial charge in [-0.2, -0.15) is 5.10 Å². The lowest BCUT2D eigenvalue weighted by Crippen LogP contribution is -2.31. The van der Waals surface area contributed by atoms with Crippen molar-refractivity contribution in [2.24, 2.45) is 7.05 Å². The molecule has 0 unspecified atom stereocenters. The summed E-state index contributed by atoms with van der Waals surface area (Å²) in [6, 6.07) is 3.64. The third-order valence-corrected chi connectivity index (χ3v) is 4.67. The number of esters is 1. The van der Waals surface area contributed by atoms with Gasteiger partial charge in [0.25, 0.3) is 0 Å².